The first-order chi connectivity index (χ1) is 9.65. The van der Waals surface area contributed by atoms with Crippen LogP contribution in [0.25, 0.3) is 11.4 Å². The number of hydrogen-bond donors (Lipinski definition) is 1. The third-order valence-electron chi connectivity index (χ3n) is 3.94. The molecule has 106 valence electrons. The summed E-state index contributed by atoms with van der Waals surface area (Å²) in [5.74, 6) is 1.51. The van der Waals surface area contributed by atoms with E-state index in [9.17, 15) is 0 Å². The first kappa shape index (κ1) is 13.8. The minimum atomic E-state index is 0.138. The van der Waals surface area contributed by atoms with Gasteiger partial charge in [-0.3, -0.25) is 0 Å². The van der Waals surface area contributed by atoms with Crippen molar-refractivity contribution in [2.75, 3.05) is 0 Å². The highest BCUT2D eigenvalue weighted by Gasteiger charge is 2.28. The molecule has 0 radical (unpaired) electrons. The smallest absolute Gasteiger partial charge is 0.231 e. The Hall–Kier alpha value is -1.20. The summed E-state index contributed by atoms with van der Waals surface area (Å²) >= 11 is 3.55. The molecular weight excluding hydrogens is 318 g/mol. The SMILES string of the molecule is Cc1ccc(-c2noc(C3CCCCC3N)n2)c(Br)c1. The number of aromatic nitrogens is 2. The Morgan fingerprint density at radius 1 is 1.30 bits per heavy atom. The van der Waals surface area contributed by atoms with Gasteiger partial charge in [0.05, 0.1) is 5.92 Å². The lowest BCUT2D eigenvalue weighted by molar-refractivity contribution is 0.290. The van der Waals surface area contributed by atoms with Gasteiger partial charge >= 0.3 is 0 Å². The average molecular weight is 336 g/mol. The van der Waals surface area contributed by atoms with Crippen LogP contribution in [0, 0.1) is 6.92 Å². The minimum Gasteiger partial charge on any atom is -0.339 e. The van der Waals surface area contributed by atoms with E-state index in [1.165, 1.54) is 18.4 Å². The predicted molar refractivity (Wildman–Crippen MR) is 81.4 cm³/mol. The summed E-state index contributed by atoms with van der Waals surface area (Å²) in [7, 11) is 0. The second-order valence-corrected chi connectivity index (χ2v) is 6.35. The van der Waals surface area contributed by atoms with Gasteiger partial charge in [0.15, 0.2) is 0 Å². The van der Waals surface area contributed by atoms with Gasteiger partial charge in [-0.25, -0.2) is 0 Å². The maximum atomic E-state index is 6.17. The van der Waals surface area contributed by atoms with E-state index in [0.29, 0.717) is 11.7 Å². The zero-order valence-electron chi connectivity index (χ0n) is 11.5. The molecule has 0 bridgehead atoms. The highest BCUT2D eigenvalue weighted by atomic mass is 79.9. The van der Waals surface area contributed by atoms with Crippen LogP contribution in [0.2, 0.25) is 0 Å². The summed E-state index contributed by atoms with van der Waals surface area (Å²) in [6, 6.07) is 6.24. The summed E-state index contributed by atoms with van der Waals surface area (Å²) in [6.45, 7) is 2.05. The monoisotopic (exact) mass is 335 g/mol. The molecule has 1 heterocycles. The summed E-state index contributed by atoms with van der Waals surface area (Å²) < 4.78 is 6.44. The van der Waals surface area contributed by atoms with Crippen LogP contribution in [-0.2, 0) is 0 Å². The molecule has 20 heavy (non-hydrogen) atoms. The molecule has 1 aliphatic carbocycles. The van der Waals surface area contributed by atoms with E-state index < -0.39 is 0 Å². The van der Waals surface area contributed by atoms with E-state index in [1.54, 1.807) is 0 Å². The van der Waals surface area contributed by atoms with Crippen molar-refractivity contribution in [2.45, 2.75) is 44.6 Å². The van der Waals surface area contributed by atoms with Crippen molar-refractivity contribution in [1.29, 1.82) is 0 Å². The summed E-state index contributed by atoms with van der Waals surface area (Å²) in [4.78, 5) is 4.56. The third kappa shape index (κ3) is 2.65. The maximum Gasteiger partial charge on any atom is 0.231 e. The van der Waals surface area contributed by atoms with Gasteiger partial charge in [-0.05, 0) is 37.5 Å². The lowest BCUT2D eigenvalue weighted by Gasteiger charge is -2.25. The van der Waals surface area contributed by atoms with Crippen LogP contribution in [0.3, 0.4) is 0 Å². The van der Waals surface area contributed by atoms with Gasteiger partial charge in [0.2, 0.25) is 11.7 Å². The number of hydrogen-bond acceptors (Lipinski definition) is 4. The van der Waals surface area contributed by atoms with Crippen molar-refractivity contribution in [3.63, 3.8) is 0 Å². The number of nitrogens with two attached hydrogens (primary N) is 1. The van der Waals surface area contributed by atoms with Crippen LogP contribution in [-0.4, -0.2) is 16.2 Å². The van der Waals surface area contributed by atoms with Crippen LogP contribution < -0.4 is 5.73 Å². The second kappa shape index (κ2) is 5.66. The maximum absolute atomic E-state index is 6.17. The molecule has 1 fully saturated rings. The zero-order valence-corrected chi connectivity index (χ0v) is 13.1. The van der Waals surface area contributed by atoms with Gasteiger partial charge < -0.3 is 10.3 Å². The fraction of sp³-hybridized carbons (Fsp3) is 0.467. The van der Waals surface area contributed by atoms with Gasteiger partial charge in [0, 0.05) is 16.1 Å². The van der Waals surface area contributed by atoms with Crippen LogP contribution in [0.5, 0.6) is 0 Å². The topological polar surface area (TPSA) is 64.9 Å². The molecule has 2 aromatic rings. The number of benzene rings is 1. The molecule has 0 amide bonds. The van der Waals surface area contributed by atoms with Gasteiger partial charge in [-0.2, -0.15) is 4.98 Å². The minimum absolute atomic E-state index is 0.138. The molecule has 4 nitrogen and oxygen atoms in total. The Bertz CT molecular complexity index is 611. The molecule has 1 saturated carbocycles. The molecule has 5 heteroatoms. The van der Waals surface area contributed by atoms with Crippen LogP contribution in [0.4, 0.5) is 0 Å². The average Bonchev–Trinajstić information content (AvgIpc) is 2.88. The second-order valence-electron chi connectivity index (χ2n) is 5.49. The molecule has 0 saturated heterocycles. The Morgan fingerprint density at radius 2 is 2.10 bits per heavy atom. The van der Waals surface area contributed by atoms with E-state index in [1.807, 2.05) is 12.1 Å². The number of aryl methyl sites for hydroxylation is 1. The van der Waals surface area contributed by atoms with E-state index in [2.05, 4.69) is 39.1 Å². The van der Waals surface area contributed by atoms with Crippen molar-refractivity contribution in [2.24, 2.45) is 5.73 Å². The normalized spacial score (nSPS) is 22.9. The summed E-state index contributed by atoms with van der Waals surface area (Å²) in [5, 5.41) is 4.11. The molecule has 3 rings (SSSR count). The highest BCUT2D eigenvalue weighted by Crippen LogP contribution is 2.33. The van der Waals surface area contributed by atoms with Crippen molar-refractivity contribution >= 4 is 15.9 Å². The molecule has 2 N–H and O–H groups in total. The van der Waals surface area contributed by atoms with Gasteiger partial charge in [-0.1, -0.05) is 40.0 Å². The van der Waals surface area contributed by atoms with Crippen molar-refractivity contribution in [3.8, 4) is 11.4 Å². The fourth-order valence-electron chi connectivity index (χ4n) is 2.76. The largest absolute Gasteiger partial charge is 0.339 e. The summed E-state index contributed by atoms with van der Waals surface area (Å²) in [5.41, 5.74) is 8.32. The van der Waals surface area contributed by atoms with E-state index in [0.717, 1.165) is 22.9 Å². The Labute approximate surface area is 126 Å². The van der Waals surface area contributed by atoms with E-state index in [4.69, 9.17) is 10.3 Å². The molecule has 2 atom stereocenters. The molecule has 0 spiro atoms. The third-order valence-corrected chi connectivity index (χ3v) is 4.60. The molecule has 1 aromatic heterocycles. The lowest BCUT2D eigenvalue weighted by Crippen LogP contribution is -2.31. The quantitative estimate of drug-likeness (QED) is 0.906. The predicted octanol–water partition coefficient (Wildman–Crippen LogP) is 3.79. The van der Waals surface area contributed by atoms with Crippen LogP contribution in [0.1, 0.15) is 43.1 Å². The fourth-order valence-corrected chi connectivity index (χ4v) is 3.43. The van der Waals surface area contributed by atoms with E-state index in [-0.39, 0.29) is 12.0 Å². The molecule has 1 aromatic carbocycles. The Kier molecular flexibility index (Phi) is 3.89. The van der Waals surface area contributed by atoms with Gasteiger partial charge in [-0.15, -0.1) is 0 Å². The molecule has 2 unspecified atom stereocenters. The standard InChI is InChI=1S/C15H18BrN3O/c1-9-6-7-10(12(16)8-9)14-18-15(20-19-14)11-4-2-3-5-13(11)17/h6-8,11,13H,2-5,17H2,1H3. The first-order valence-corrected chi connectivity index (χ1v) is 7.80. The first-order valence-electron chi connectivity index (χ1n) is 7.01. The molecule has 1 aliphatic rings. The van der Waals surface area contributed by atoms with Gasteiger partial charge in [0.25, 0.3) is 0 Å². The zero-order chi connectivity index (χ0) is 14.1. The summed E-state index contributed by atoms with van der Waals surface area (Å²) in [6.07, 6.45) is 4.46. The van der Waals surface area contributed by atoms with Crippen molar-refractivity contribution < 1.29 is 4.52 Å². The van der Waals surface area contributed by atoms with Crippen molar-refractivity contribution in [3.05, 3.63) is 34.1 Å². The lowest BCUT2D eigenvalue weighted by atomic mass is 9.85. The highest BCUT2D eigenvalue weighted by molar-refractivity contribution is 9.10. The molecular formula is C15H18BrN3O. The Morgan fingerprint density at radius 3 is 2.85 bits per heavy atom. The number of nitrogens with zero attached hydrogens (tertiary/aromatic N) is 2. The van der Waals surface area contributed by atoms with E-state index >= 15 is 0 Å². The number of rotatable bonds is 2. The Balaban J connectivity index is 1.89. The molecule has 0 aliphatic heterocycles. The number of halogens is 1. The van der Waals surface area contributed by atoms with Crippen molar-refractivity contribution in [1.82, 2.24) is 10.1 Å². The van der Waals surface area contributed by atoms with Crippen LogP contribution >= 0.6 is 15.9 Å². The van der Waals surface area contributed by atoms with Crippen LogP contribution in [0.15, 0.2) is 27.2 Å². The van der Waals surface area contributed by atoms with Gasteiger partial charge in [0.1, 0.15) is 0 Å².